The zero-order valence-corrected chi connectivity index (χ0v) is 33.0. The van der Waals surface area contributed by atoms with Crippen LogP contribution in [0.25, 0.3) is 82.8 Å². The Morgan fingerprint density at radius 1 is 0.300 bits per heavy atom. The first-order chi connectivity index (χ1) is 29.8. The fourth-order valence-electron chi connectivity index (χ4n) is 9.08. The van der Waals surface area contributed by atoms with Crippen LogP contribution >= 0.6 is 0 Å². The number of para-hydroxylation sites is 2. The highest BCUT2D eigenvalue weighted by Crippen LogP contribution is 2.45. The van der Waals surface area contributed by atoms with Gasteiger partial charge in [0.2, 0.25) is 0 Å². The summed E-state index contributed by atoms with van der Waals surface area (Å²) < 4.78 is 2.44. The molecule has 0 saturated carbocycles. The van der Waals surface area contributed by atoms with E-state index in [0.717, 1.165) is 28.3 Å². The van der Waals surface area contributed by atoms with Gasteiger partial charge in [0.15, 0.2) is 0 Å². The van der Waals surface area contributed by atoms with Crippen LogP contribution in [0.4, 0.5) is 17.1 Å². The first-order valence-corrected chi connectivity index (χ1v) is 20.6. The number of benzene rings is 10. The molecule has 1 aromatic heterocycles. The third kappa shape index (κ3) is 6.14. The summed E-state index contributed by atoms with van der Waals surface area (Å²) in [5, 5.41) is 4.91. The lowest BCUT2D eigenvalue weighted by Crippen LogP contribution is -2.11. The number of hydrogen-bond acceptors (Lipinski definition) is 1. The fraction of sp³-hybridized carbons (Fsp3) is 0. The van der Waals surface area contributed by atoms with E-state index in [-0.39, 0.29) is 0 Å². The molecule has 0 radical (unpaired) electrons. The molecule has 0 spiro atoms. The van der Waals surface area contributed by atoms with Gasteiger partial charge < -0.3 is 9.47 Å². The summed E-state index contributed by atoms with van der Waals surface area (Å²) >= 11 is 0. The van der Waals surface area contributed by atoms with E-state index < -0.39 is 0 Å². The van der Waals surface area contributed by atoms with Crippen molar-refractivity contribution >= 4 is 49.6 Å². The number of nitrogens with zero attached hydrogens (tertiary/aromatic N) is 2. The molecule has 0 fully saturated rings. The number of aromatic nitrogens is 1. The van der Waals surface area contributed by atoms with Crippen LogP contribution < -0.4 is 4.90 Å². The second-order valence-electron chi connectivity index (χ2n) is 15.3. The third-order valence-electron chi connectivity index (χ3n) is 11.8. The Hall–Kier alpha value is -7.94. The molecular formula is C58H40N2. The van der Waals surface area contributed by atoms with Gasteiger partial charge in [-0.1, -0.05) is 194 Å². The predicted octanol–water partition coefficient (Wildman–Crippen LogP) is 16.1. The maximum atomic E-state index is 2.44. The Morgan fingerprint density at radius 2 is 0.800 bits per heavy atom. The minimum absolute atomic E-state index is 1.08. The van der Waals surface area contributed by atoms with Gasteiger partial charge in [0, 0.05) is 33.1 Å². The van der Waals surface area contributed by atoms with Gasteiger partial charge >= 0.3 is 0 Å². The second-order valence-corrected chi connectivity index (χ2v) is 15.3. The standard InChI is InChI=1S/C58H40N2/c1-4-18-41(19-5-1)48-39-38-47(40-53(48)43-20-6-2-7-21-43)59(54-32-16-25-42-22-10-11-26-49(42)54)46-36-34-44(35-37-46)50-29-17-33-57(58(50)45-23-8-3-9-24-45)60-55-30-14-12-27-51(55)52-28-13-15-31-56(52)60/h1-40H. The minimum atomic E-state index is 1.08. The molecule has 0 N–H and O–H groups in total. The molecule has 0 amide bonds. The number of anilines is 3. The average Bonchev–Trinajstić information content (AvgIpc) is 3.67. The van der Waals surface area contributed by atoms with Crippen LogP contribution in [0.5, 0.6) is 0 Å². The zero-order chi connectivity index (χ0) is 39.8. The molecule has 60 heavy (non-hydrogen) atoms. The highest BCUT2D eigenvalue weighted by Gasteiger charge is 2.21. The van der Waals surface area contributed by atoms with Crippen molar-refractivity contribution in [3.8, 4) is 50.2 Å². The molecule has 11 aromatic rings. The van der Waals surface area contributed by atoms with Crippen molar-refractivity contribution in [2.24, 2.45) is 0 Å². The van der Waals surface area contributed by atoms with Gasteiger partial charge in [-0.3, -0.25) is 0 Å². The SMILES string of the molecule is c1ccc(-c2ccc(N(c3ccc(-c4cccc(-n5c6ccccc6c6ccccc65)c4-c4ccccc4)cc3)c3cccc4ccccc34)cc2-c2ccccc2)cc1. The lowest BCUT2D eigenvalue weighted by molar-refractivity contribution is 1.18. The van der Waals surface area contributed by atoms with Crippen molar-refractivity contribution in [1.82, 2.24) is 4.57 Å². The predicted molar refractivity (Wildman–Crippen MR) is 255 cm³/mol. The van der Waals surface area contributed by atoms with Crippen LogP contribution in [0.3, 0.4) is 0 Å². The summed E-state index contributed by atoms with van der Waals surface area (Å²) in [5.74, 6) is 0. The normalized spacial score (nSPS) is 11.3. The van der Waals surface area contributed by atoms with Crippen molar-refractivity contribution in [2.75, 3.05) is 4.90 Å². The first-order valence-electron chi connectivity index (χ1n) is 20.6. The van der Waals surface area contributed by atoms with Crippen LogP contribution in [0.2, 0.25) is 0 Å². The summed E-state index contributed by atoms with van der Waals surface area (Å²) in [5.41, 5.74) is 16.3. The minimum Gasteiger partial charge on any atom is -0.310 e. The topological polar surface area (TPSA) is 8.17 Å². The average molecular weight is 765 g/mol. The van der Waals surface area contributed by atoms with Crippen LogP contribution in [0, 0.1) is 0 Å². The Bertz CT molecular complexity index is 3230. The molecule has 0 atom stereocenters. The largest absolute Gasteiger partial charge is 0.310 e. The summed E-state index contributed by atoms with van der Waals surface area (Å²) in [6.45, 7) is 0. The number of hydrogen-bond donors (Lipinski definition) is 0. The molecule has 0 bridgehead atoms. The molecule has 0 aliphatic carbocycles. The summed E-state index contributed by atoms with van der Waals surface area (Å²) in [7, 11) is 0. The van der Waals surface area contributed by atoms with E-state index in [4.69, 9.17) is 0 Å². The zero-order valence-electron chi connectivity index (χ0n) is 33.0. The van der Waals surface area contributed by atoms with Crippen molar-refractivity contribution in [2.45, 2.75) is 0 Å². The summed E-state index contributed by atoms with van der Waals surface area (Å²) in [4.78, 5) is 2.42. The lowest BCUT2D eigenvalue weighted by atomic mass is 9.92. The quantitative estimate of drug-likeness (QED) is 0.150. The molecule has 1 heterocycles. The second kappa shape index (κ2) is 15.1. The van der Waals surface area contributed by atoms with Gasteiger partial charge in [-0.05, 0) is 92.9 Å². The summed E-state index contributed by atoms with van der Waals surface area (Å²) in [6.07, 6.45) is 0. The van der Waals surface area contributed by atoms with E-state index in [1.807, 2.05) is 0 Å². The third-order valence-corrected chi connectivity index (χ3v) is 11.8. The Balaban J connectivity index is 1.10. The molecule has 2 nitrogen and oxygen atoms in total. The molecule has 0 saturated heterocycles. The fourth-order valence-corrected chi connectivity index (χ4v) is 9.08. The van der Waals surface area contributed by atoms with Crippen molar-refractivity contribution < 1.29 is 0 Å². The highest BCUT2D eigenvalue weighted by atomic mass is 15.1. The van der Waals surface area contributed by atoms with E-state index >= 15 is 0 Å². The summed E-state index contributed by atoms with van der Waals surface area (Å²) in [6, 6.07) is 87.9. The molecule has 2 heteroatoms. The Morgan fingerprint density at radius 3 is 1.47 bits per heavy atom. The van der Waals surface area contributed by atoms with Crippen LogP contribution in [-0.4, -0.2) is 4.57 Å². The van der Waals surface area contributed by atoms with Crippen LogP contribution in [0.1, 0.15) is 0 Å². The van der Waals surface area contributed by atoms with Gasteiger partial charge in [0.25, 0.3) is 0 Å². The van der Waals surface area contributed by atoms with Crippen molar-refractivity contribution in [1.29, 1.82) is 0 Å². The van der Waals surface area contributed by atoms with Crippen LogP contribution in [0.15, 0.2) is 243 Å². The maximum Gasteiger partial charge on any atom is 0.0546 e. The molecular weight excluding hydrogens is 725 g/mol. The van der Waals surface area contributed by atoms with Gasteiger partial charge in [0.05, 0.1) is 22.4 Å². The Labute approximate surface area is 350 Å². The highest BCUT2D eigenvalue weighted by molar-refractivity contribution is 6.10. The smallest absolute Gasteiger partial charge is 0.0546 e. The van der Waals surface area contributed by atoms with E-state index in [0.29, 0.717) is 0 Å². The van der Waals surface area contributed by atoms with Crippen LogP contribution in [-0.2, 0) is 0 Å². The monoisotopic (exact) mass is 764 g/mol. The van der Waals surface area contributed by atoms with Gasteiger partial charge in [-0.25, -0.2) is 0 Å². The Kier molecular flexibility index (Phi) is 8.87. The molecule has 0 aliphatic heterocycles. The maximum absolute atomic E-state index is 2.44. The molecule has 0 aliphatic rings. The van der Waals surface area contributed by atoms with E-state index in [1.165, 1.54) is 71.5 Å². The van der Waals surface area contributed by atoms with E-state index in [2.05, 4.69) is 252 Å². The van der Waals surface area contributed by atoms with E-state index in [9.17, 15) is 0 Å². The molecule has 10 aromatic carbocycles. The molecule has 11 rings (SSSR count). The first kappa shape index (κ1) is 35.2. The van der Waals surface area contributed by atoms with E-state index in [1.54, 1.807) is 0 Å². The number of fused-ring (bicyclic) bond motifs is 4. The van der Waals surface area contributed by atoms with Gasteiger partial charge in [-0.15, -0.1) is 0 Å². The lowest BCUT2D eigenvalue weighted by Gasteiger charge is -2.28. The number of rotatable bonds is 8. The van der Waals surface area contributed by atoms with Crippen molar-refractivity contribution in [3.63, 3.8) is 0 Å². The van der Waals surface area contributed by atoms with Crippen molar-refractivity contribution in [3.05, 3.63) is 243 Å². The molecule has 282 valence electrons. The van der Waals surface area contributed by atoms with Gasteiger partial charge in [0.1, 0.15) is 0 Å². The molecule has 0 unspecified atom stereocenters. The van der Waals surface area contributed by atoms with Gasteiger partial charge in [-0.2, -0.15) is 0 Å².